The van der Waals surface area contributed by atoms with Crippen LogP contribution in [0.5, 0.6) is 0 Å². The number of aromatic nitrogens is 3. The molecule has 126 valence electrons. The Balaban J connectivity index is 1.98. The van der Waals surface area contributed by atoms with Crippen molar-refractivity contribution in [1.82, 2.24) is 19.2 Å². The van der Waals surface area contributed by atoms with Gasteiger partial charge in [-0.3, -0.25) is 4.68 Å². The van der Waals surface area contributed by atoms with Crippen LogP contribution in [-0.4, -0.2) is 34.2 Å². The van der Waals surface area contributed by atoms with E-state index in [1.807, 2.05) is 19.9 Å². The predicted octanol–water partition coefficient (Wildman–Crippen LogP) is 2.51. The lowest BCUT2D eigenvalue weighted by molar-refractivity contribution is 0.258. The van der Waals surface area contributed by atoms with Gasteiger partial charge in [-0.2, -0.15) is 9.40 Å². The number of aryl methyl sites for hydroxylation is 2. The van der Waals surface area contributed by atoms with E-state index in [-0.39, 0.29) is 10.9 Å². The first kappa shape index (κ1) is 16.2. The highest BCUT2D eigenvalue weighted by Crippen LogP contribution is 2.34. The maximum atomic E-state index is 13.1. The summed E-state index contributed by atoms with van der Waals surface area (Å²) in [5.74, 6) is 0.621. The minimum atomic E-state index is -3.60. The molecule has 8 heteroatoms. The molecular formula is C15H22N4O3S. The molecule has 7 nitrogen and oxygen atoms in total. The second-order valence-corrected chi connectivity index (χ2v) is 7.77. The third-order valence-corrected chi connectivity index (χ3v) is 6.08. The van der Waals surface area contributed by atoms with Crippen LogP contribution in [0.4, 0.5) is 0 Å². The van der Waals surface area contributed by atoms with Crippen LogP contribution in [0, 0.1) is 6.92 Å². The van der Waals surface area contributed by atoms with Crippen molar-refractivity contribution in [2.45, 2.75) is 57.0 Å². The maximum Gasteiger partial charge on any atom is 0.246 e. The van der Waals surface area contributed by atoms with E-state index in [1.54, 1.807) is 15.2 Å². The Kier molecular flexibility index (Phi) is 4.54. The molecule has 1 fully saturated rings. The molecule has 1 aliphatic rings. The van der Waals surface area contributed by atoms with Crippen LogP contribution in [0.1, 0.15) is 50.1 Å². The fraction of sp³-hybridized carbons (Fsp3) is 0.600. The van der Waals surface area contributed by atoms with Crippen LogP contribution in [-0.2, 0) is 16.6 Å². The zero-order valence-electron chi connectivity index (χ0n) is 13.5. The molecule has 3 heterocycles. The summed E-state index contributed by atoms with van der Waals surface area (Å²) in [6.45, 7) is 4.90. The Hall–Kier alpha value is -1.67. The number of hydrogen-bond acceptors (Lipinski definition) is 5. The zero-order valence-corrected chi connectivity index (χ0v) is 14.3. The molecule has 0 spiro atoms. The van der Waals surface area contributed by atoms with Gasteiger partial charge < -0.3 is 4.52 Å². The molecule has 0 bridgehead atoms. The number of rotatable bonds is 4. The van der Waals surface area contributed by atoms with Crippen molar-refractivity contribution in [1.29, 1.82) is 0 Å². The first-order valence-electron chi connectivity index (χ1n) is 8.00. The summed E-state index contributed by atoms with van der Waals surface area (Å²) in [6.07, 6.45) is 6.60. The van der Waals surface area contributed by atoms with Crippen molar-refractivity contribution in [3.05, 3.63) is 29.9 Å². The zero-order chi connectivity index (χ0) is 16.4. The van der Waals surface area contributed by atoms with Gasteiger partial charge in [0.15, 0.2) is 5.76 Å². The Labute approximate surface area is 136 Å². The van der Waals surface area contributed by atoms with Gasteiger partial charge in [0.25, 0.3) is 0 Å². The molecule has 1 saturated heterocycles. The summed E-state index contributed by atoms with van der Waals surface area (Å²) in [4.78, 5) is 0.238. The molecule has 0 aromatic carbocycles. The van der Waals surface area contributed by atoms with Gasteiger partial charge in [0.2, 0.25) is 10.0 Å². The van der Waals surface area contributed by atoms with E-state index < -0.39 is 10.0 Å². The van der Waals surface area contributed by atoms with Gasteiger partial charge in [0, 0.05) is 25.4 Å². The van der Waals surface area contributed by atoms with Gasteiger partial charge in [-0.1, -0.05) is 18.0 Å². The average molecular weight is 338 g/mol. The average Bonchev–Trinajstić information content (AvgIpc) is 3.10. The molecule has 23 heavy (non-hydrogen) atoms. The van der Waals surface area contributed by atoms with Gasteiger partial charge in [-0.15, -0.1) is 0 Å². The normalized spacial score (nSPS) is 20.5. The molecule has 0 unspecified atom stereocenters. The monoisotopic (exact) mass is 338 g/mol. The minimum absolute atomic E-state index is 0.238. The molecule has 3 rings (SSSR count). The predicted molar refractivity (Wildman–Crippen MR) is 84.2 cm³/mol. The quantitative estimate of drug-likeness (QED) is 0.855. The first-order chi connectivity index (χ1) is 11.0. The highest BCUT2D eigenvalue weighted by Gasteiger charge is 2.36. The molecule has 1 aliphatic heterocycles. The third kappa shape index (κ3) is 3.18. The fourth-order valence-electron chi connectivity index (χ4n) is 2.98. The maximum absolute atomic E-state index is 13.1. The van der Waals surface area contributed by atoms with Crippen LogP contribution in [0.25, 0.3) is 0 Å². The smallest absolute Gasteiger partial charge is 0.246 e. The molecule has 0 amide bonds. The lowest BCUT2D eigenvalue weighted by atomic mass is 10.1. The largest absolute Gasteiger partial charge is 0.359 e. The summed E-state index contributed by atoms with van der Waals surface area (Å²) in [7, 11) is -3.60. The van der Waals surface area contributed by atoms with E-state index in [2.05, 4.69) is 10.3 Å². The number of nitrogens with zero attached hydrogens (tertiary/aromatic N) is 4. The van der Waals surface area contributed by atoms with Crippen LogP contribution >= 0.6 is 0 Å². The van der Waals surface area contributed by atoms with Crippen molar-refractivity contribution in [2.24, 2.45) is 0 Å². The summed E-state index contributed by atoms with van der Waals surface area (Å²) in [5.41, 5.74) is 0.764. The summed E-state index contributed by atoms with van der Waals surface area (Å²) < 4.78 is 34.7. The van der Waals surface area contributed by atoms with Crippen LogP contribution < -0.4 is 0 Å². The Bertz CT molecular complexity index is 765. The van der Waals surface area contributed by atoms with Crippen molar-refractivity contribution in [3.8, 4) is 0 Å². The van der Waals surface area contributed by atoms with Crippen LogP contribution in [0.2, 0.25) is 0 Å². The first-order valence-corrected chi connectivity index (χ1v) is 9.44. The van der Waals surface area contributed by atoms with E-state index >= 15 is 0 Å². The second-order valence-electron chi connectivity index (χ2n) is 5.88. The minimum Gasteiger partial charge on any atom is -0.359 e. The standard InChI is InChI=1S/C15H22N4O3S/c1-3-18-11-13(10-16-18)23(20,21)19-8-6-4-5-7-14(19)15-9-12(2)17-22-15/h9-11,14H,3-8H2,1-2H3/t14-/m1/s1. The highest BCUT2D eigenvalue weighted by atomic mass is 32.2. The van der Waals surface area contributed by atoms with Crippen LogP contribution in [0.3, 0.4) is 0 Å². The van der Waals surface area contributed by atoms with E-state index in [0.717, 1.165) is 31.4 Å². The fourth-order valence-corrected chi connectivity index (χ4v) is 4.60. The van der Waals surface area contributed by atoms with Crippen molar-refractivity contribution >= 4 is 10.0 Å². The van der Waals surface area contributed by atoms with Crippen LogP contribution in [0.15, 0.2) is 27.9 Å². The van der Waals surface area contributed by atoms with Gasteiger partial charge >= 0.3 is 0 Å². The molecule has 1 atom stereocenters. The van der Waals surface area contributed by atoms with Crippen molar-refractivity contribution < 1.29 is 12.9 Å². The molecule has 0 saturated carbocycles. The van der Waals surface area contributed by atoms with Gasteiger partial charge in [0.1, 0.15) is 4.90 Å². The summed E-state index contributed by atoms with van der Waals surface area (Å²) >= 11 is 0. The second kappa shape index (κ2) is 6.45. The topological polar surface area (TPSA) is 81.2 Å². The van der Waals surface area contributed by atoms with Crippen molar-refractivity contribution in [2.75, 3.05) is 6.54 Å². The summed E-state index contributed by atoms with van der Waals surface area (Å²) in [6, 6.07) is 1.53. The Morgan fingerprint density at radius 1 is 1.35 bits per heavy atom. The molecule has 0 aliphatic carbocycles. The molecule has 0 N–H and O–H groups in total. The highest BCUT2D eigenvalue weighted by molar-refractivity contribution is 7.89. The SMILES string of the molecule is CCn1cc(S(=O)(=O)N2CCCCC[C@@H]2c2cc(C)no2)cn1. The molecule has 2 aromatic rings. The Morgan fingerprint density at radius 3 is 2.83 bits per heavy atom. The Morgan fingerprint density at radius 2 is 2.17 bits per heavy atom. The van der Waals surface area contributed by atoms with Crippen molar-refractivity contribution in [3.63, 3.8) is 0 Å². The third-order valence-electron chi connectivity index (χ3n) is 4.22. The van der Waals surface area contributed by atoms with Gasteiger partial charge in [-0.05, 0) is 26.7 Å². The lowest BCUT2D eigenvalue weighted by Gasteiger charge is -2.26. The van der Waals surface area contributed by atoms with E-state index in [0.29, 0.717) is 18.8 Å². The lowest BCUT2D eigenvalue weighted by Crippen LogP contribution is -2.34. The van der Waals surface area contributed by atoms with Gasteiger partial charge in [0.05, 0.1) is 17.9 Å². The van der Waals surface area contributed by atoms with E-state index in [4.69, 9.17) is 4.52 Å². The number of hydrogen-bond donors (Lipinski definition) is 0. The number of sulfonamides is 1. The molecule has 0 radical (unpaired) electrons. The molecular weight excluding hydrogens is 316 g/mol. The van der Waals surface area contributed by atoms with Gasteiger partial charge in [-0.25, -0.2) is 8.42 Å². The summed E-state index contributed by atoms with van der Waals surface area (Å²) in [5, 5.41) is 8.01. The van der Waals surface area contributed by atoms with E-state index in [1.165, 1.54) is 6.20 Å². The van der Waals surface area contributed by atoms with E-state index in [9.17, 15) is 8.42 Å². The molecule has 2 aromatic heterocycles.